The molecule has 19 heavy (non-hydrogen) atoms. The molecule has 0 unspecified atom stereocenters. The Hall–Kier alpha value is -1.43. The first-order valence-electron chi connectivity index (χ1n) is 6.24. The fourth-order valence-corrected chi connectivity index (χ4v) is 1.18. The molecule has 0 radical (unpaired) electrons. The third kappa shape index (κ3) is 11.4. The van der Waals surface area contributed by atoms with E-state index in [2.05, 4.69) is 0 Å². The van der Waals surface area contributed by atoms with Crippen LogP contribution in [0.25, 0.3) is 0 Å². The second-order valence-electron chi connectivity index (χ2n) is 5.11. The van der Waals surface area contributed by atoms with Crippen molar-refractivity contribution in [3.8, 4) is 0 Å². The summed E-state index contributed by atoms with van der Waals surface area (Å²) >= 11 is 0. The molecule has 0 fully saturated rings. The van der Waals surface area contributed by atoms with Gasteiger partial charge in [-0.1, -0.05) is 0 Å². The van der Waals surface area contributed by atoms with Gasteiger partial charge in [-0.15, -0.1) is 0 Å². The fourth-order valence-electron chi connectivity index (χ4n) is 1.18. The Bertz CT molecular complexity index is 316. The summed E-state index contributed by atoms with van der Waals surface area (Å²) in [6.45, 7) is 4.83. The quantitative estimate of drug-likeness (QED) is 0.664. The summed E-state index contributed by atoms with van der Waals surface area (Å²) in [6, 6.07) is 0. The molecule has 110 valence electrons. The molecule has 1 N–H and O–H groups in total. The monoisotopic (exact) mass is 274 g/mol. The fraction of sp³-hybridized carbons (Fsp3) is 0.769. The van der Waals surface area contributed by atoms with Gasteiger partial charge in [-0.2, -0.15) is 0 Å². The molecular weight excluding hydrogens is 252 g/mol. The van der Waals surface area contributed by atoms with Crippen LogP contribution in [0, 0.1) is 0 Å². The molecule has 6 nitrogen and oxygen atoms in total. The Morgan fingerprint density at radius 3 is 2.11 bits per heavy atom. The van der Waals surface area contributed by atoms with Gasteiger partial charge in [-0.3, -0.25) is 14.4 Å². The number of hydrogen-bond acceptors (Lipinski definition) is 6. The minimum absolute atomic E-state index is 0.0685. The number of Topliss-reactive ketones (excluding diaryl/α,β-unsaturated/α-hetero) is 1. The highest BCUT2D eigenvalue weighted by Crippen LogP contribution is 2.09. The molecule has 0 aromatic carbocycles. The van der Waals surface area contributed by atoms with Gasteiger partial charge >= 0.3 is 11.9 Å². The van der Waals surface area contributed by atoms with Crippen molar-refractivity contribution in [1.82, 2.24) is 0 Å². The van der Waals surface area contributed by atoms with Crippen molar-refractivity contribution in [2.24, 2.45) is 0 Å². The molecule has 0 aromatic rings. The molecule has 0 aliphatic carbocycles. The maximum Gasteiger partial charge on any atom is 0.306 e. The van der Waals surface area contributed by atoms with Gasteiger partial charge in [0.1, 0.15) is 12.2 Å². The van der Waals surface area contributed by atoms with Crippen LogP contribution in [-0.4, -0.2) is 41.6 Å². The molecule has 0 saturated heterocycles. The van der Waals surface area contributed by atoms with Gasteiger partial charge in [0.15, 0.2) is 5.78 Å². The van der Waals surface area contributed by atoms with Crippen molar-refractivity contribution in [3.63, 3.8) is 0 Å². The smallest absolute Gasteiger partial charge is 0.306 e. The summed E-state index contributed by atoms with van der Waals surface area (Å²) in [5.74, 6) is -1.33. The number of aliphatic hydroxyl groups is 1. The van der Waals surface area contributed by atoms with E-state index < -0.39 is 17.5 Å². The normalized spacial score (nSPS) is 10.9. The lowest BCUT2D eigenvalue weighted by Crippen LogP contribution is -2.24. The van der Waals surface area contributed by atoms with Gasteiger partial charge < -0.3 is 14.6 Å². The van der Waals surface area contributed by atoms with Gasteiger partial charge in [0.2, 0.25) is 0 Å². The summed E-state index contributed by atoms with van der Waals surface area (Å²) in [6.07, 6.45) is 0.354. The van der Waals surface area contributed by atoms with E-state index in [0.29, 0.717) is 6.42 Å². The summed E-state index contributed by atoms with van der Waals surface area (Å²) in [7, 11) is 0. The summed E-state index contributed by atoms with van der Waals surface area (Å²) in [5, 5.41) is 8.52. The molecule has 0 amide bonds. The zero-order chi connectivity index (χ0) is 14.9. The number of rotatable bonds is 8. The van der Waals surface area contributed by atoms with Crippen LogP contribution >= 0.6 is 0 Å². The lowest BCUT2D eigenvalue weighted by molar-refractivity contribution is -0.158. The number of ketones is 1. The van der Waals surface area contributed by atoms with E-state index in [0.717, 1.165) is 0 Å². The molecule has 0 aromatic heterocycles. The zero-order valence-electron chi connectivity index (χ0n) is 11.7. The largest absolute Gasteiger partial charge is 0.460 e. The number of hydrogen-bond donors (Lipinski definition) is 1. The van der Waals surface area contributed by atoms with E-state index in [-0.39, 0.29) is 38.3 Å². The lowest BCUT2D eigenvalue weighted by atomic mass is 10.2. The van der Waals surface area contributed by atoms with E-state index in [1.807, 2.05) is 0 Å². The first-order valence-corrected chi connectivity index (χ1v) is 6.24. The molecule has 6 heteroatoms. The Labute approximate surface area is 113 Å². The van der Waals surface area contributed by atoms with Crippen molar-refractivity contribution < 1.29 is 29.0 Å². The average Bonchev–Trinajstić information content (AvgIpc) is 2.29. The Morgan fingerprint density at radius 1 is 1.00 bits per heavy atom. The molecule has 0 atom stereocenters. The second kappa shape index (κ2) is 8.63. The van der Waals surface area contributed by atoms with Crippen LogP contribution in [0.3, 0.4) is 0 Å². The van der Waals surface area contributed by atoms with Crippen molar-refractivity contribution >= 4 is 17.7 Å². The van der Waals surface area contributed by atoms with Gasteiger partial charge in [-0.05, 0) is 27.2 Å². The number of ether oxygens (including phenoxy) is 2. The predicted molar refractivity (Wildman–Crippen MR) is 67.4 cm³/mol. The number of carbonyl (C=O) groups excluding carboxylic acids is 3. The molecule has 0 rings (SSSR count). The van der Waals surface area contributed by atoms with Crippen LogP contribution in [0.1, 0.15) is 46.5 Å². The van der Waals surface area contributed by atoms with Crippen LogP contribution in [0.15, 0.2) is 0 Å². The zero-order valence-corrected chi connectivity index (χ0v) is 11.7. The van der Waals surface area contributed by atoms with Crippen LogP contribution in [0.4, 0.5) is 0 Å². The predicted octanol–water partition coefficient (Wildman–Crippen LogP) is 0.993. The summed E-state index contributed by atoms with van der Waals surface area (Å²) in [5.41, 5.74) is -0.582. The Kier molecular flexibility index (Phi) is 7.98. The maximum absolute atomic E-state index is 11.3. The van der Waals surface area contributed by atoms with E-state index in [1.165, 1.54) is 0 Å². The van der Waals surface area contributed by atoms with Crippen LogP contribution in [-0.2, 0) is 23.9 Å². The number of esters is 2. The minimum Gasteiger partial charge on any atom is -0.460 e. The molecule has 0 aliphatic heterocycles. The molecule has 0 spiro atoms. The van der Waals surface area contributed by atoms with Crippen molar-refractivity contribution in [1.29, 1.82) is 0 Å². The summed E-state index contributed by atoms with van der Waals surface area (Å²) < 4.78 is 9.73. The topological polar surface area (TPSA) is 89.9 Å². The molecule has 0 aliphatic rings. The minimum atomic E-state index is -0.608. The van der Waals surface area contributed by atoms with Gasteiger partial charge in [0.05, 0.1) is 12.8 Å². The average molecular weight is 274 g/mol. The van der Waals surface area contributed by atoms with Crippen LogP contribution in [0.5, 0.6) is 0 Å². The first-order chi connectivity index (χ1) is 8.74. The third-order valence-electron chi connectivity index (χ3n) is 1.96. The van der Waals surface area contributed by atoms with E-state index in [9.17, 15) is 14.4 Å². The molecule has 0 bridgehead atoms. The summed E-state index contributed by atoms with van der Waals surface area (Å²) in [4.78, 5) is 33.7. The van der Waals surface area contributed by atoms with Crippen molar-refractivity contribution in [3.05, 3.63) is 0 Å². The highest BCUT2D eigenvalue weighted by Gasteiger charge is 2.17. The lowest BCUT2D eigenvalue weighted by Gasteiger charge is -2.19. The molecule has 0 saturated carbocycles. The highest BCUT2D eigenvalue weighted by atomic mass is 16.6. The third-order valence-corrected chi connectivity index (χ3v) is 1.96. The maximum atomic E-state index is 11.3. The van der Waals surface area contributed by atoms with Crippen LogP contribution in [0.2, 0.25) is 0 Å². The van der Waals surface area contributed by atoms with Gasteiger partial charge in [0, 0.05) is 13.0 Å². The van der Waals surface area contributed by atoms with Crippen LogP contribution < -0.4 is 0 Å². The number of aliphatic hydroxyl groups excluding tert-OH is 1. The van der Waals surface area contributed by atoms with E-state index >= 15 is 0 Å². The first kappa shape index (κ1) is 17.6. The standard InChI is InChI=1S/C13H22O6/c1-13(2,3)19-12(17)7-6-11(16)18-9-10(15)5-4-8-14/h14H,4-9H2,1-3H3. The Morgan fingerprint density at radius 2 is 1.58 bits per heavy atom. The highest BCUT2D eigenvalue weighted by molar-refractivity contribution is 5.83. The van der Waals surface area contributed by atoms with Gasteiger partial charge in [0.25, 0.3) is 0 Å². The van der Waals surface area contributed by atoms with Crippen molar-refractivity contribution in [2.75, 3.05) is 13.2 Å². The second-order valence-corrected chi connectivity index (χ2v) is 5.11. The van der Waals surface area contributed by atoms with Crippen molar-refractivity contribution in [2.45, 2.75) is 52.1 Å². The van der Waals surface area contributed by atoms with Gasteiger partial charge in [-0.25, -0.2) is 0 Å². The molecular formula is C13H22O6. The Balaban J connectivity index is 3.76. The molecule has 0 heterocycles. The van der Waals surface area contributed by atoms with E-state index in [1.54, 1.807) is 20.8 Å². The van der Waals surface area contributed by atoms with E-state index in [4.69, 9.17) is 14.6 Å². The number of carbonyl (C=O) groups is 3. The SMILES string of the molecule is CC(C)(C)OC(=O)CCC(=O)OCC(=O)CCCO.